The largest absolute Gasteiger partial charge is 0.356 e. The molecule has 4 bridgehead atoms. The van der Waals surface area contributed by atoms with E-state index in [0.717, 1.165) is 25.7 Å². The standard InChI is InChI=1S/C14H18N2O/c15-16-14-7-9-5-11(17-14)6-10(8-14)13-4-2-1-3-12(9)13/h1-4,9-11,16H,5-8,15H2. The molecule has 0 radical (unpaired) electrons. The van der Waals surface area contributed by atoms with Crippen molar-refractivity contribution < 1.29 is 4.74 Å². The van der Waals surface area contributed by atoms with Crippen molar-refractivity contribution in [2.24, 2.45) is 5.84 Å². The summed E-state index contributed by atoms with van der Waals surface area (Å²) < 4.78 is 6.13. The summed E-state index contributed by atoms with van der Waals surface area (Å²) in [6, 6.07) is 8.92. The number of benzene rings is 1. The maximum atomic E-state index is 6.13. The van der Waals surface area contributed by atoms with Crippen molar-refractivity contribution in [2.75, 3.05) is 0 Å². The van der Waals surface area contributed by atoms with Crippen LogP contribution < -0.4 is 11.3 Å². The Balaban J connectivity index is 1.88. The van der Waals surface area contributed by atoms with Crippen molar-refractivity contribution in [3.63, 3.8) is 0 Å². The summed E-state index contributed by atoms with van der Waals surface area (Å²) >= 11 is 0. The molecule has 3 N–H and O–H groups in total. The van der Waals surface area contributed by atoms with Crippen LogP contribution >= 0.6 is 0 Å². The zero-order valence-electron chi connectivity index (χ0n) is 9.86. The van der Waals surface area contributed by atoms with Crippen LogP contribution in [0.3, 0.4) is 0 Å². The number of hydrazine groups is 1. The molecule has 5 rings (SSSR count). The molecule has 2 atom stereocenters. The Kier molecular flexibility index (Phi) is 1.96. The number of hydrogen-bond donors (Lipinski definition) is 2. The van der Waals surface area contributed by atoms with E-state index in [1.165, 1.54) is 0 Å². The lowest BCUT2D eigenvalue weighted by Crippen LogP contribution is -2.59. The third-order valence-electron chi connectivity index (χ3n) is 4.78. The van der Waals surface area contributed by atoms with E-state index in [2.05, 4.69) is 29.7 Å². The van der Waals surface area contributed by atoms with Gasteiger partial charge in [0, 0.05) is 0 Å². The molecule has 0 amide bonds. The van der Waals surface area contributed by atoms with Crippen molar-refractivity contribution in [3.8, 4) is 0 Å². The van der Waals surface area contributed by atoms with Crippen LogP contribution in [-0.4, -0.2) is 11.8 Å². The summed E-state index contributed by atoms with van der Waals surface area (Å²) in [4.78, 5) is 0. The first-order valence-electron chi connectivity index (χ1n) is 6.54. The Morgan fingerprint density at radius 2 is 1.71 bits per heavy atom. The Morgan fingerprint density at radius 1 is 1.12 bits per heavy atom. The van der Waals surface area contributed by atoms with E-state index in [9.17, 15) is 0 Å². The molecule has 2 fully saturated rings. The normalized spacial score (nSPS) is 42.3. The van der Waals surface area contributed by atoms with Crippen LogP contribution in [0.25, 0.3) is 0 Å². The van der Waals surface area contributed by atoms with Gasteiger partial charge in [-0.25, -0.2) is 5.43 Å². The van der Waals surface area contributed by atoms with Gasteiger partial charge in [0.05, 0.1) is 6.10 Å². The van der Waals surface area contributed by atoms with E-state index < -0.39 is 0 Å². The lowest BCUT2D eigenvalue weighted by molar-refractivity contribution is -0.184. The van der Waals surface area contributed by atoms with E-state index in [1.807, 2.05) is 0 Å². The molecule has 90 valence electrons. The number of nitrogens with one attached hydrogen (secondary N) is 1. The van der Waals surface area contributed by atoms with Crippen molar-refractivity contribution >= 4 is 0 Å². The van der Waals surface area contributed by atoms with E-state index in [0.29, 0.717) is 17.9 Å². The van der Waals surface area contributed by atoms with Gasteiger partial charge in [-0.1, -0.05) is 24.3 Å². The summed E-state index contributed by atoms with van der Waals surface area (Å²) in [5, 5.41) is 0. The summed E-state index contributed by atoms with van der Waals surface area (Å²) in [5.41, 5.74) is 5.78. The van der Waals surface area contributed by atoms with Crippen LogP contribution in [0.15, 0.2) is 24.3 Å². The van der Waals surface area contributed by atoms with Gasteiger partial charge in [0.25, 0.3) is 0 Å². The summed E-state index contributed by atoms with van der Waals surface area (Å²) in [7, 11) is 0. The number of rotatable bonds is 1. The second kappa shape index (κ2) is 3.31. The fourth-order valence-electron chi connectivity index (χ4n) is 4.17. The molecule has 2 unspecified atom stereocenters. The molecular formula is C14H18N2O. The highest BCUT2D eigenvalue weighted by molar-refractivity contribution is 5.38. The minimum absolute atomic E-state index is 0.268. The van der Waals surface area contributed by atoms with Crippen LogP contribution in [0.2, 0.25) is 0 Å². The Bertz CT molecular complexity index is 424. The zero-order chi connectivity index (χ0) is 11.5. The first kappa shape index (κ1) is 10.1. The van der Waals surface area contributed by atoms with Crippen LogP contribution in [0.4, 0.5) is 0 Å². The van der Waals surface area contributed by atoms with Crippen LogP contribution in [0, 0.1) is 0 Å². The third kappa shape index (κ3) is 1.33. The van der Waals surface area contributed by atoms with Gasteiger partial charge in [-0.15, -0.1) is 0 Å². The smallest absolute Gasteiger partial charge is 0.132 e. The molecule has 4 aliphatic rings. The third-order valence-corrected chi connectivity index (χ3v) is 4.78. The van der Waals surface area contributed by atoms with Gasteiger partial charge >= 0.3 is 0 Å². The molecule has 0 spiro atoms. The summed E-state index contributed by atoms with van der Waals surface area (Å²) in [6.07, 6.45) is 4.76. The molecule has 3 nitrogen and oxygen atoms in total. The molecule has 0 saturated carbocycles. The maximum Gasteiger partial charge on any atom is 0.132 e. The second-order valence-corrected chi connectivity index (χ2v) is 5.78. The average molecular weight is 230 g/mol. The minimum Gasteiger partial charge on any atom is -0.356 e. The molecule has 1 aromatic rings. The first-order valence-corrected chi connectivity index (χ1v) is 6.54. The highest BCUT2D eigenvalue weighted by Gasteiger charge is 2.50. The van der Waals surface area contributed by atoms with E-state index in [4.69, 9.17) is 10.6 Å². The van der Waals surface area contributed by atoms with E-state index in [1.54, 1.807) is 11.1 Å². The van der Waals surface area contributed by atoms with E-state index in [-0.39, 0.29) is 5.72 Å². The fraction of sp³-hybridized carbons (Fsp3) is 0.571. The molecule has 17 heavy (non-hydrogen) atoms. The Labute approximate surface area is 101 Å². The monoisotopic (exact) mass is 230 g/mol. The van der Waals surface area contributed by atoms with Gasteiger partial charge in [0.1, 0.15) is 5.72 Å². The van der Waals surface area contributed by atoms with Crippen LogP contribution in [0.5, 0.6) is 0 Å². The highest BCUT2D eigenvalue weighted by atomic mass is 16.5. The fourth-order valence-corrected chi connectivity index (χ4v) is 4.17. The summed E-state index contributed by atoms with van der Waals surface area (Å²) in [5.74, 6) is 6.99. The minimum atomic E-state index is -0.268. The molecule has 1 aromatic carbocycles. The lowest BCUT2D eigenvalue weighted by atomic mass is 9.79. The van der Waals surface area contributed by atoms with Gasteiger partial charge in [-0.3, -0.25) is 5.84 Å². The molecular weight excluding hydrogens is 212 g/mol. The highest BCUT2D eigenvalue weighted by Crippen LogP contribution is 2.54. The quantitative estimate of drug-likeness (QED) is 0.573. The number of ether oxygens (including phenoxy) is 1. The first-order chi connectivity index (χ1) is 8.30. The van der Waals surface area contributed by atoms with Crippen molar-refractivity contribution in [1.82, 2.24) is 5.43 Å². The van der Waals surface area contributed by atoms with Gasteiger partial charge in [-0.2, -0.15) is 0 Å². The SMILES string of the molecule is NNC12CC3CC(CC(C1)c1ccccc13)O2. The van der Waals surface area contributed by atoms with Crippen LogP contribution in [-0.2, 0) is 4.74 Å². The molecule has 2 saturated heterocycles. The van der Waals surface area contributed by atoms with E-state index >= 15 is 0 Å². The molecule has 3 heteroatoms. The summed E-state index contributed by atoms with van der Waals surface area (Å²) in [6.45, 7) is 0. The lowest BCUT2D eigenvalue weighted by Gasteiger charge is -2.47. The van der Waals surface area contributed by atoms with Crippen molar-refractivity contribution in [1.29, 1.82) is 0 Å². The van der Waals surface area contributed by atoms with Gasteiger partial charge in [0.2, 0.25) is 0 Å². The zero-order valence-corrected chi connectivity index (χ0v) is 9.86. The maximum absolute atomic E-state index is 6.13. The van der Waals surface area contributed by atoms with Crippen molar-refractivity contribution in [3.05, 3.63) is 35.4 Å². The van der Waals surface area contributed by atoms with Gasteiger partial charge < -0.3 is 4.74 Å². The predicted octanol–water partition coefficient (Wildman–Crippen LogP) is 2.00. The number of hydrogen-bond acceptors (Lipinski definition) is 3. The topological polar surface area (TPSA) is 47.3 Å². The second-order valence-electron chi connectivity index (χ2n) is 5.78. The Morgan fingerprint density at radius 3 is 2.24 bits per heavy atom. The predicted molar refractivity (Wildman–Crippen MR) is 65.3 cm³/mol. The molecule has 2 aliphatic carbocycles. The van der Waals surface area contributed by atoms with Gasteiger partial charge in [0.15, 0.2) is 0 Å². The Hall–Kier alpha value is -0.900. The van der Waals surface area contributed by atoms with Gasteiger partial charge in [-0.05, 0) is 48.6 Å². The molecule has 0 aromatic heterocycles. The van der Waals surface area contributed by atoms with Crippen molar-refractivity contribution in [2.45, 2.75) is 49.3 Å². The van der Waals surface area contributed by atoms with Crippen LogP contribution in [0.1, 0.15) is 48.6 Å². The average Bonchev–Trinajstić information content (AvgIpc) is 2.52. The number of nitrogens with two attached hydrogens (primary N) is 1. The molecule has 2 heterocycles. The molecule has 2 aliphatic heterocycles.